The van der Waals surface area contributed by atoms with E-state index < -0.39 is 35.1 Å². The summed E-state index contributed by atoms with van der Waals surface area (Å²) in [5.74, 6) is -0.927. The Labute approximate surface area is 204 Å². The summed E-state index contributed by atoms with van der Waals surface area (Å²) in [5.41, 5.74) is -1.08. The second kappa shape index (κ2) is 8.07. The van der Waals surface area contributed by atoms with Crippen LogP contribution in [0.2, 0.25) is 0 Å². The van der Waals surface area contributed by atoms with Crippen molar-refractivity contribution < 1.29 is 22.8 Å². The minimum absolute atomic E-state index is 0.132. The minimum Gasteiger partial charge on any atom is -0.318 e. The van der Waals surface area contributed by atoms with Gasteiger partial charge in [-0.05, 0) is 57.5 Å². The van der Waals surface area contributed by atoms with Gasteiger partial charge in [0.2, 0.25) is 0 Å². The average Bonchev–Trinajstić information content (AvgIpc) is 3.37. The first-order chi connectivity index (χ1) is 16.9. The molecule has 2 aliphatic rings. The van der Waals surface area contributed by atoms with Gasteiger partial charge in [-0.3, -0.25) is 14.4 Å². The van der Waals surface area contributed by atoms with Gasteiger partial charge < -0.3 is 18.9 Å². The van der Waals surface area contributed by atoms with E-state index in [4.69, 9.17) is 0 Å². The van der Waals surface area contributed by atoms with Crippen molar-refractivity contribution >= 4 is 17.5 Å². The maximum atomic E-state index is 13.6. The average molecular weight is 499 g/mol. The Bertz CT molecular complexity index is 1440. The highest BCUT2D eigenvalue weighted by atomic mass is 19.4. The molecule has 1 saturated heterocycles. The largest absolute Gasteiger partial charge is 0.416 e. The number of pyridine rings is 1. The van der Waals surface area contributed by atoms with Gasteiger partial charge in [0.25, 0.3) is 17.4 Å². The van der Waals surface area contributed by atoms with E-state index in [9.17, 15) is 27.6 Å². The van der Waals surface area contributed by atoms with Crippen LogP contribution in [0.3, 0.4) is 0 Å². The molecule has 0 N–H and O–H groups in total. The summed E-state index contributed by atoms with van der Waals surface area (Å²) in [6.45, 7) is 5.53. The highest BCUT2D eigenvalue weighted by Crippen LogP contribution is 2.38. The molecular weight excluding hydrogens is 475 g/mol. The number of carbonyl (C=O) groups is 2. The van der Waals surface area contributed by atoms with Crippen LogP contribution in [0.1, 0.15) is 42.0 Å². The topological polar surface area (TPSA) is 80.4 Å². The van der Waals surface area contributed by atoms with E-state index in [0.29, 0.717) is 5.69 Å². The van der Waals surface area contributed by atoms with Crippen LogP contribution in [0.4, 0.5) is 18.9 Å². The van der Waals surface area contributed by atoms with Crippen LogP contribution in [-0.4, -0.2) is 49.0 Å². The van der Waals surface area contributed by atoms with Crippen molar-refractivity contribution in [1.29, 1.82) is 0 Å². The number of nitrogens with zero attached hydrogens (tertiary/aromatic N) is 5. The maximum Gasteiger partial charge on any atom is 0.416 e. The summed E-state index contributed by atoms with van der Waals surface area (Å²) >= 11 is 0. The molecule has 0 radical (unpaired) electrons. The van der Waals surface area contributed by atoms with E-state index in [1.165, 1.54) is 32.8 Å². The van der Waals surface area contributed by atoms with E-state index >= 15 is 0 Å². The normalized spacial score (nSPS) is 22.3. The first kappa shape index (κ1) is 23.8. The van der Waals surface area contributed by atoms with Crippen molar-refractivity contribution in [3.63, 3.8) is 0 Å². The Morgan fingerprint density at radius 2 is 1.86 bits per heavy atom. The summed E-state index contributed by atoms with van der Waals surface area (Å²) in [5, 5.41) is 0. The first-order valence-electron chi connectivity index (χ1n) is 11.5. The Morgan fingerprint density at radius 1 is 1.11 bits per heavy atom. The monoisotopic (exact) mass is 499 g/mol. The fraction of sp³-hybridized carbons (Fsp3) is 0.360. The molecule has 11 heteroatoms. The summed E-state index contributed by atoms with van der Waals surface area (Å²) in [6.07, 6.45) is -1.05. The number of carbonyl (C=O) groups excluding carboxylic acids is 2. The Morgan fingerprint density at radius 3 is 2.53 bits per heavy atom. The number of aromatic nitrogens is 3. The van der Waals surface area contributed by atoms with E-state index in [1.807, 2.05) is 0 Å². The van der Waals surface area contributed by atoms with Gasteiger partial charge in [0.1, 0.15) is 16.9 Å². The van der Waals surface area contributed by atoms with E-state index in [0.717, 1.165) is 17.8 Å². The van der Waals surface area contributed by atoms with E-state index in [-0.39, 0.29) is 36.5 Å². The van der Waals surface area contributed by atoms with Gasteiger partial charge in [-0.25, -0.2) is 4.98 Å². The quantitative estimate of drug-likeness (QED) is 0.553. The third-order valence-electron chi connectivity index (χ3n) is 7.01. The standard InChI is InChI=1S/C25H24F3N5O3/c1-15-12-30(14-29-15)19-7-8-20-22(35)33(16(2)13-32(20)21(19)34)24(3)9-10-31(23(24)36)18-6-4-5-17(11-18)25(26,27)28/h4-8,11-12,14,16H,9-10,13H2,1-3H3. The molecule has 0 saturated carbocycles. The second-order valence-electron chi connectivity index (χ2n) is 9.49. The van der Waals surface area contributed by atoms with Gasteiger partial charge in [0, 0.05) is 31.0 Å². The number of hydrogen-bond acceptors (Lipinski definition) is 4. The lowest BCUT2D eigenvalue weighted by Crippen LogP contribution is -2.62. The van der Waals surface area contributed by atoms with Gasteiger partial charge in [-0.15, -0.1) is 0 Å². The van der Waals surface area contributed by atoms with Gasteiger partial charge in [-0.2, -0.15) is 13.2 Å². The third-order valence-corrected chi connectivity index (χ3v) is 7.01. The highest BCUT2D eigenvalue weighted by molar-refractivity contribution is 6.06. The Hall–Kier alpha value is -3.89. The molecule has 188 valence electrons. The molecule has 2 unspecified atom stereocenters. The second-order valence-corrected chi connectivity index (χ2v) is 9.49. The minimum atomic E-state index is -4.54. The fourth-order valence-corrected chi connectivity index (χ4v) is 5.21. The van der Waals surface area contributed by atoms with Gasteiger partial charge in [0.05, 0.1) is 17.6 Å². The molecule has 0 aliphatic carbocycles. The number of alkyl halides is 3. The van der Waals surface area contributed by atoms with Crippen LogP contribution >= 0.6 is 0 Å². The lowest BCUT2D eigenvalue weighted by Gasteiger charge is -2.44. The molecule has 36 heavy (non-hydrogen) atoms. The number of amides is 2. The smallest absolute Gasteiger partial charge is 0.318 e. The SMILES string of the molecule is Cc1cn(-c2ccc3n(c2=O)CC(C)N(C2(C)CCN(c4cccc(C(F)(F)F)c4)C2=O)C3=O)cn1. The van der Waals surface area contributed by atoms with Crippen molar-refractivity contribution in [1.82, 2.24) is 19.0 Å². The van der Waals surface area contributed by atoms with Gasteiger partial charge in [-0.1, -0.05) is 6.07 Å². The number of rotatable bonds is 3. The van der Waals surface area contributed by atoms with Crippen LogP contribution in [0.5, 0.6) is 0 Å². The third kappa shape index (κ3) is 3.61. The predicted molar refractivity (Wildman–Crippen MR) is 125 cm³/mol. The Balaban J connectivity index is 1.48. The molecule has 2 amide bonds. The molecule has 2 atom stereocenters. The number of anilines is 1. The number of aryl methyl sites for hydroxylation is 1. The van der Waals surface area contributed by atoms with E-state index in [1.54, 1.807) is 43.7 Å². The predicted octanol–water partition coefficient (Wildman–Crippen LogP) is 3.40. The first-order valence-corrected chi connectivity index (χ1v) is 11.5. The highest BCUT2D eigenvalue weighted by Gasteiger charge is 2.53. The maximum absolute atomic E-state index is 13.6. The van der Waals surface area contributed by atoms with Gasteiger partial charge in [0.15, 0.2) is 0 Å². The van der Waals surface area contributed by atoms with Crippen molar-refractivity contribution in [3.8, 4) is 5.69 Å². The molecule has 2 aromatic heterocycles. The summed E-state index contributed by atoms with van der Waals surface area (Å²) in [6, 6.07) is 7.22. The zero-order valence-corrected chi connectivity index (χ0v) is 19.9. The zero-order valence-electron chi connectivity index (χ0n) is 19.9. The molecule has 2 aliphatic heterocycles. The molecule has 1 fully saturated rings. The number of fused-ring (bicyclic) bond motifs is 1. The molecular formula is C25H24F3N5O3. The number of benzene rings is 1. The molecule has 4 heterocycles. The molecule has 0 bridgehead atoms. The lowest BCUT2D eigenvalue weighted by atomic mass is 9.93. The fourth-order valence-electron chi connectivity index (χ4n) is 5.21. The van der Waals surface area contributed by atoms with Gasteiger partial charge >= 0.3 is 6.18 Å². The molecule has 8 nitrogen and oxygen atoms in total. The summed E-state index contributed by atoms with van der Waals surface area (Å²) in [7, 11) is 0. The van der Waals surface area contributed by atoms with E-state index in [2.05, 4.69) is 4.98 Å². The number of halogens is 3. The molecule has 1 aromatic carbocycles. The molecule has 3 aromatic rings. The van der Waals surface area contributed by atoms with Crippen LogP contribution in [0.25, 0.3) is 5.69 Å². The van der Waals surface area contributed by atoms with Crippen molar-refractivity contribution in [2.75, 3.05) is 11.4 Å². The zero-order chi connectivity index (χ0) is 26.0. The van der Waals surface area contributed by atoms with Crippen molar-refractivity contribution in [2.24, 2.45) is 0 Å². The van der Waals surface area contributed by atoms with Crippen LogP contribution in [0.15, 0.2) is 53.7 Å². The molecule has 5 rings (SSSR count). The van der Waals surface area contributed by atoms with Crippen molar-refractivity contribution in [3.05, 3.63) is 76.2 Å². The number of imidazole rings is 1. The van der Waals surface area contributed by atoms with Crippen LogP contribution in [-0.2, 0) is 17.5 Å². The van der Waals surface area contributed by atoms with Crippen molar-refractivity contribution in [2.45, 2.75) is 51.5 Å². The van der Waals surface area contributed by atoms with Crippen LogP contribution < -0.4 is 10.5 Å². The lowest BCUT2D eigenvalue weighted by molar-refractivity contribution is -0.137. The van der Waals surface area contributed by atoms with Crippen LogP contribution in [0, 0.1) is 6.92 Å². The molecule has 0 spiro atoms. The number of hydrogen-bond donors (Lipinski definition) is 0. The summed E-state index contributed by atoms with van der Waals surface area (Å²) < 4.78 is 42.7. The Kier molecular flexibility index (Phi) is 5.34. The summed E-state index contributed by atoms with van der Waals surface area (Å²) in [4.78, 5) is 47.3.